The summed E-state index contributed by atoms with van der Waals surface area (Å²) in [5.41, 5.74) is 1.16. The first kappa shape index (κ1) is 15.3. The highest BCUT2D eigenvalue weighted by Gasteiger charge is 2.30. The Hall–Kier alpha value is -1.07. The fourth-order valence-electron chi connectivity index (χ4n) is 2.83. The maximum absolute atomic E-state index is 11.6. The first-order valence-corrected chi connectivity index (χ1v) is 8.94. The molecule has 1 saturated heterocycles. The van der Waals surface area contributed by atoms with Crippen LogP contribution in [0, 0.1) is 5.92 Å². The van der Waals surface area contributed by atoms with E-state index in [-0.39, 0.29) is 12.0 Å². The maximum Gasteiger partial charge on any atom is 0.150 e. The molecule has 5 heteroatoms. The molecule has 0 spiro atoms. The maximum atomic E-state index is 11.6. The lowest BCUT2D eigenvalue weighted by Crippen LogP contribution is -2.24. The van der Waals surface area contributed by atoms with Gasteiger partial charge in [0.1, 0.15) is 5.75 Å². The van der Waals surface area contributed by atoms with Gasteiger partial charge in [0.15, 0.2) is 9.84 Å². The second kappa shape index (κ2) is 6.59. The van der Waals surface area contributed by atoms with E-state index in [4.69, 9.17) is 4.74 Å². The number of nitrogens with one attached hydrogen (secondary N) is 1. The van der Waals surface area contributed by atoms with Gasteiger partial charge in [-0.25, -0.2) is 8.42 Å². The number of hydrogen-bond donors (Lipinski definition) is 1. The second-order valence-corrected chi connectivity index (χ2v) is 7.62. The van der Waals surface area contributed by atoms with E-state index in [0.717, 1.165) is 30.7 Å². The first-order chi connectivity index (χ1) is 9.54. The zero-order chi connectivity index (χ0) is 14.6. The highest BCUT2D eigenvalue weighted by atomic mass is 32.2. The van der Waals surface area contributed by atoms with Gasteiger partial charge in [-0.1, -0.05) is 19.1 Å². The van der Waals surface area contributed by atoms with E-state index < -0.39 is 9.84 Å². The average molecular weight is 297 g/mol. The summed E-state index contributed by atoms with van der Waals surface area (Å²) in [6.07, 6.45) is 1.65. The monoisotopic (exact) mass is 297 g/mol. The Morgan fingerprint density at radius 2 is 2.25 bits per heavy atom. The lowest BCUT2D eigenvalue weighted by Gasteiger charge is -2.21. The summed E-state index contributed by atoms with van der Waals surface area (Å²) >= 11 is 0. The van der Waals surface area contributed by atoms with Gasteiger partial charge in [-0.3, -0.25) is 0 Å². The van der Waals surface area contributed by atoms with Gasteiger partial charge in [0.2, 0.25) is 0 Å². The molecule has 0 aliphatic carbocycles. The molecule has 1 N–H and O–H groups in total. The number of sulfone groups is 1. The number of rotatable bonds is 6. The van der Waals surface area contributed by atoms with Crippen molar-refractivity contribution in [3.8, 4) is 5.75 Å². The van der Waals surface area contributed by atoms with Crippen molar-refractivity contribution in [3.05, 3.63) is 29.8 Å². The molecule has 1 aliphatic heterocycles. The van der Waals surface area contributed by atoms with Gasteiger partial charge in [0.25, 0.3) is 0 Å². The molecule has 1 heterocycles. The molecule has 0 radical (unpaired) electrons. The molecule has 20 heavy (non-hydrogen) atoms. The third kappa shape index (κ3) is 3.96. The van der Waals surface area contributed by atoms with Crippen molar-refractivity contribution in [1.29, 1.82) is 0 Å². The third-order valence-electron chi connectivity index (χ3n) is 3.84. The Morgan fingerprint density at radius 1 is 1.45 bits per heavy atom. The number of ether oxygens (including phenoxy) is 1. The van der Waals surface area contributed by atoms with Gasteiger partial charge in [-0.15, -0.1) is 0 Å². The molecule has 2 atom stereocenters. The van der Waals surface area contributed by atoms with Crippen LogP contribution in [0.2, 0.25) is 0 Å². The van der Waals surface area contributed by atoms with E-state index in [9.17, 15) is 8.42 Å². The quantitative estimate of drug-likeness (QED) is 0.874. The number of hydrogen-bond acceptors (Lipinski definition) is 4. The summed E-state index contributed by atoms with van der Waals surface area (Å²) in [4.78, 5) is 0. The van der Waals surface area contributed by atoms with Gasteiger partial charge < -0.3 is 10.1 Å². The van der Waals surface area contributed by atoms with Crippen LogP contribution in [0.3, 0.4) is 0 Å². The molecular weight excluding hydrogens is 274 g/mol. The lowest BCUT2D eigenvalue weighted by molar-refractivity contribution is 0.405. The van der Waals surface area contributed by atoms with E-state index in [1.807, 2.05) is 18.2 Å². The van der Waals surface area contributed by atoms with E-state index in [1.54, 1.807) is 7.11 Å². The Bertz CT molecular complexity index is 542. The van der Waals surface area contributed by atoms with E-state index in [2.05, 4.69) is 18.3 Å². The molecule has 112 valence electrons. The predicted molar refractivity (Wildman–Crippen MR) is 80.8 cm³/mol. The van der Waals surface area contributed by atoms with E-state index >= 15 is 0 Å². The van der Waals surface area contributed by atoms with Crippen LogP contribution >= 0.6 is 0 Å². The Labute approximate surface area is 121 Å². The summed E-state index contributed by atoms with van der Waals surface area (Å²) in [6.45, 7) is 2.93. The van der Waals surface area contributed by atoms with Crippen molar-refractivity contribution >= 4 is 9.84 Å². The zero-order valence-electron chi connectivity index (χ0n) is 12.1. The van der Waals surface area contributed by atoms with Crippen LogP contribution in [-0.4, -0.2) is 33.6 Å². The molecular formula is C15H23NO3S. The average Bonchev–Trinajstić information content (AvgIpc) is 2.77. The third-order valence-corrected chi connectivity index (χ3v) is 5.68. The van der Waals surface area contributed by atoms with Crippen molar-refractivity contribution in [1.82, 2.24) is 5.32 Å². The summed E-state index contributed by atoms with van der Waals surface area (Å²) in [5, 5.41) is 3.45. The van der Waals surface area contributed by atoms with Crippen LogP contribution in [0.15, 0.2) is 24.3 Å². The highest BCUT2D eigenvalue weighted by Crippen LogP contribution is 2.30. The van der Waals surface area contributed by atoms with Gasteiger partial charge in [0, 0.05) is 6.04 Å². The molecule has 0 saturated carbocycles. The zero-order valence-corrected chi connectivity index (χ0v) is 12.9. The molecule has 0 bridgehead atoms. The largest absolute Gasteiger partial charge is 0.497 e. The summed E-state index contributed by atoms with van der Waals surface area (Å²) < 4.78 is 28.4. The number of benzene rings is 1. The minimum atomic E-state index is -2.80. The second-order valence-electron chi connectivity index (χ2n) is 5.39. The summed E-state index contributed by atoms with van der Waals surface area (Å²) in [7, 11) is -1.15. The Kier molecular flexibility index (Phi) is 5.05. The minimum absolute atomic E-state index is 0.188. The fourth-order valence-corrected chi connectivity index (χ4v) is 4.71. The summed E-state index contributed by atoms with van der Waals surface area (Å²) in [6, 6.07) is 8.18. The van der Waals surface area contributed by atoms with Crippen molar-refractivity contribution in [2.24, 2.45) is 5.92 Å². The molecule has 2 rings (SSSR count). The van der Waals surface area contributed by atoms with Crippen molar-refractivity contribution in [2.75, 3.05) is 25.2 Å². The van der Waals surface area contributed by atoms with Gasteiger partial charge in [-0.05, 0) is 43.0 Å². The van der Waals surface area contributed by atoms with E-state index in [1.165, 1.54) is 0 Å². The van der Waals surface area contributed by atoms with E-state index in [0.29, 0.717) is 11.5 Å². The molecule has 1 aromatic rings. The fraction of sp³-hybridized carbons (Fsp3) is 0.600. The van der Waals surface area contributed by atoms with Crippen LogP contribution in [0.25, 0.3) is 0 Å². The van der Waals surface area contributed by atoms with Crippen LogP contribution in [0.4, 0.5) is 0 Å². The molecule has 1 aliphatic rings. The predicted octanol–water partition coefficient (Wildman–Crippen LogP) is 2.17. The van der Waals surface area contributed by atoms with Crippen LogP contribution in [-0.2, 0) is 9.84 Å². The highest BCUT2D eigenvalue weighted by molar-refractivity contribution is 7.91. The van der Waals surface area contributed by atoms with Crippen LogP contribution in [0.1, 0.15) is 31.4 Å². The summed E-state index contributed by atoms with van der Waals surface area (Å²) in [5.74, 6) is 1.77. The topological polar surface area (TPSA) is 55.4 Å². The molecule has 1 fully saturated rings. The first-order valence-electron chi connectivity index (χ1n) is 7.12. The molecule has 4 nitrogen and oxygen atoms in total. The van der Waals surface area contributed by atoms with Crippen molar-refractivity contribution < 1.29 is 13.2 Å². The molecule has 0 aromatic heterocycles. The van der Waals surface area contributed by atoms with Crippen LogP contribution < -0.4 is 10.1 Å². The minimum Gasteiger partial charge on any atom is -0.497 e. The normalized spacial score (nSPS) is 22.6. The number of methoxy groups -OCH3 is 1. The van der Waals surface area contributed by atoms with Crippen molar-refractivity contribution in [3.63, 3.8) is 0 Å². The Balaban J connectivity index is 2.10. The van der Waals surface area contributed by atoms with Gasteiger partial charge in [-0.2, -0.15) is 0 Å². The Morgan fingerprint density at radius 3 is 2.85 bits per heavy atom. The molecule has 1 aromatic carbocycles. The lowest BCUT2D eigenvalue weighted by atomic mass is 9.94. The molecule has 0 amide bonds. The van der Waals surface area contributed by atoms with Gasteiger partial charge >= 0.3 is 0 Å². The van der Waals surface area contributed by atoms with Gasteiger partial charge in [0.05, 0.1) is 18.6 Å². The van der Waals surface area contributed by atoms with Crippen LogP contribution in [0.5, 0.6) is 5.75 Å². The standard InChI is InChI=1S/C15H23NO3S/c1-3-16-15(9-12-7-8-20(17,18)11-12)13-5-4-6-14(10-13)19-2/h4-6,10,12,15-16H,3,7-9,11H2,1-2H3. The smallest absolute Gasteiger partial charge is 0.150 e. The molecule has 2 unspecified atom stereocenters. The SMILES string of the molecule is CCNC(CC1CCS(=O)(=O)C1)c1cccc(OC)c1. The van der Waals surface area contributed by atoms with Crippen molar-refractivity contribution in [2.45, 2.75) is 25.8 Å².